The predicted molar refractivity (Wildman–Crippen MR) is 73.6 cm³/mol. The number of anilines is 1. The topological polar surface area (TPSA) is 29.1 Å². The lowest BCUT2D eigenvalue weighted by molar-refractivity contribution is -0.116. The van der Waals surface area contributed by atoms with E-state index in [4.69, 9.17) is 11.6 Å². The number of benzene rings is 1. The molecule has 0 aliphatic carbocycles. The molecule has 0 spiro atoms. The van der Waals surface area contributed by atoms with Gasteiger partial charge in [0.05, 0.1) is 0 Å². The van der Waals surface area contributed by atoms with E-state index in [9.17, 15) is 4.79 Å². The summed E-state index contributed by atoms with van der Waals surface area (Å²) in [5, 5.41) is 3.02. The molecule has 0 aromatic heterocycles. The third kappa shape index (κ3) is 5.73. The predicted octanol–water partition coefficient (Wildman–Crippen LogP) is 3.99. The molecule has 0 bridgehead atoms. The maximum Gasteiger partial charge on any atom is 0.224 e. The molecule has 0 aliphatic heterocycles. The first-order chi connectivity index (χ1) is 8.11. The third-order valence-corrected chi connectivity index (χ3v) is 2.67. The van der Waals surface area contributed by atoms with Crippen molar-refractivity contribution in [2.24, 2.45) is 0 Å². The third-order valence-electron chi connectivity index (χ3n) is 2.51. The van der Waals surface area contributed by atoms with Crippen molar-refractivity contribution in [3.63, 3.8) is 0 Å². The molecule has 3 heteroatoms. The normalized spacial score (nSPS) is 12.2. The molecule has 17 heavy (non-hydrogen) atoms. The smallest absolute Gasteiger partial charge is 0.224 e. The quantitative estimate of drug-likeness (QED) is 0.764. The Labute approximate surface area is 108 Å². The summed E-state index contributed by atoms with van der Waals surface area (Å²) < 4.78 is 0. The number of alkyl halides is 1. The fourth-order valence-corrected chi connectivity index (χ4v) is 1.79. The first-order valence-corrected chi connectivity index (χ1v) is 6.58. The maximum absolute atomic E-state index is 11.5. The van der Waals surface area contributed by atoms with Crippen LogP contribution in [0.4, 0.5) is 5.69 Å². The van der Waals surface area contributed by atoms with Gasteiger partial charge in [0, 0.05) is 17.5 Å². The van der Waals surface area contributed by atoms with Crippen molar-refractivity contribution in [3.05, 3.63) is 29.8 Å². The molecule has 1 aromatic rings. The van der Waals surface area contributed by atoms with Gasteiger partial charge < -0.3 is 5.32 Å². The van der Waals surface area contributed by atoms with Crippen LogP contribution in [0.2, 0.25) is 0 Å². The first kappa shape index (κ1) is 14.0. The number of unbranched alkanes of at least 4 members (excludes halogenated alkanes) is 1. The number of halogens is 1. The van der Waals surface area contributed by atoms with Gasteiger partial charge in [0.2, 0.25) is 5.91 Å². The van der Waals surface area contributed by atoms with Gasteiger partial charge in [0.1, 0.15) is 0 Å². The van der Waals surface area contributed by atoms with Crippen molar-refractivity contribution >= 4 is 23.2 Å². The van der Waals surface area contributed by atoms with E-state index in [1.165, 1.54) is 5.56 Å². The second kappa shape index (κ2) is 7.33. The fourth-order valence-electron chi connectivity index (χ4n) is 1.61. The van der Waals surface area contributed by atoms with Gasteiger partial charge in [-0.15, -0.1) is 11.6 Å². The molecular weight excluding hydrogens is 234 g/mol. The molecule has 94 valence electrons. The fraction of sp³-hybridized carbons (Fsp3) is 0.500. The van der Waals surface area contributed by atoms with E-state index in [1.54, 1.807) is 0 Å². The summed E-state index contributed by atoms with van der Waals surface area (Å²) in [6.45, 7) is 4.05. The summed E-state index contributed by atoms with van der Waals surface area (Å²) in [5.41, 5.74) is 2.05. The maximum atomic E-state index is 11.5. The second-order valence-corrected chi connectivity index (χ2v) is 5.08. The Balaban J connectivity index is 2.47. The van der Waals surface area contributed by atoms with Crippen LogP contribution >= 0.6 is 11.6 Å². The first-order valence-electron chi connectivity index (χ1n) is 6.14. The van der Waals surface area contributed by atoms with E-state index in [1.807, 2.05) is 31.2 Å². The molecule has 1 aromatic carbocycles. The molecule has 1 rings (SSSR count). The summed E-state index contributed by atoms with van der Waals surface area (Å²) in [5.74, 6) is 0.0883. The van der Waals surface area contributed by atoms with Crippen LogP contribution in [0.5, 0.6) is 0 Å². The molecule has 0 fully saturated rings. The van der Waals surface area contributed by atoms with Gasteiger partial charge >= 0.3 is 0 Å². The van der Waals surface area contributed by atoms with Gasteiger partial charge in [0.25, 0.3) is 0 Å². The molecule has 1 amide bonds. The Bertz CT molecular complexity index is 346. The lowest BCUT2D eigenvalue weighted by atomic mass is 10.1. The highest BCUT2D eigenvalue weighted by molar-refractivity contribution is 6.20. The zero-order valence-corrected chi connectivity index (χ0v) is 11.3. The number of hydrogen-bond acceptors (Lipinski definition) is 1. The molecular formula is C14H20ClNO. The molecule has 0 radical (unpaired) electrons. The van der Waals surface area contributed by atoms with Gasteiger partial charge in [-0.05, 0) is 37.5 Å². The number of nitrogens with one attached hydrogen (secondary N) is 1. The van der Waals surface area contributed by atoms with Crippen LogP contribution in [0.3, 0.4) is 0 Å². The van der Waals surface area contributed by atoms with Crippen molar-refractivity contribution in [3.8, 4) is 0 Å². The number of amides is 1. The van der Waals surface area contributed by atoms with Crippen LogP contribution in [-0.4, -0.2) is 11.3 Å². The van der Waals surface area contributed by atoms with Crippen LogP contribution in [-0.2, 0) is 11.2 Å². The molecule has 1 unspecified atom stereocenters. The molecule has 1 N–H and O–H groups in total. The average Bonchev–Trinajstić information content (AvgIpc) is 2.28. The van der Waals surface area contributed by atoms with Crippen LogP contribution < -0.4 is 5.32 Å². The van der Waals surface area contributed by atoms with E-state index in [0.717, 1.165) is 24.9 Å². The number of rotatable bonds is 6. The summed E-state index contributed by atoms with van der Waals surface area (Å²) >= 11 is 5.92. The highest BCUT2D eigenvalue weighted by Crippen LogP contribution is 2.13. The van der Waals surface area contributed by atoms with E-state index in [-0.39, 0.29) is 11.3 Å². The van der Waals surface area contributed by atoms with Crippen LogP contribution in [0.25, 0.3) is 0 Å². The molecule has 0 aliphatic rings. The largest absolute Gasteiger partial charge is 0.326 e. The monoisotopic (exact) mass is 253 g/mol. The minimum absolute atomic E-state index is 0.0883. The number of carbonyl (C=O) groups is 1. The molecule has 0 saturated carbocycles. The summed E-state index contributed by atoms with van der Waals surface area (Å²) in [4.78, 5) is 11.5. The van der Waals surface area contributed by atoms with E-state index in [0.29, 0.717) is 6.42 Å². The molecule has 2 nitrogen and oxygen atoms in total. The van der Waals surface area contributed by atoms with Gasteiger partial charge in [-0.2, -0.15) is 0 Å². The van der Waals surface area contributed by atoms with Gasteiger partial charge in [0.15, 0.2) is 0 Å². The Kier molecular flexibility index (Phi) is 6.06. The highest BCUT2D eigenvalue weighted by Gasteiger charge is 2.02. The van der Waals surface area contributed by atoms with Gasteiger partial charge in [-0.25, -0.2) is 0 Å². The van der Waals surface area contributed by atoms with Crippen molar-refractivity contribution < 1.29 is 4.79 Å². The number of carbonyl (C=O) groups excluding carboxylic acids is 1. The second-order valence-electron chi connectivity index (χ2n) is 4.33. The average molecular weight is 254 g/mol. The van der Waals surface area contributed by atoms with Crippen LogP contribution in [0, 0.1) is 0 Å². The Hall–Kier alpha value is -1.02. The zero-order valence-electron chi connectivity index (χ0n) is 10.5. The van der Waals surface area contributed by atoms with Crippen LogP contribution in [0.15, 0.2) is 24.3 Å². The highest BCUT2D eigenvalue weighted by atomic mass is 35.5. The van der Waals surface area contributed by atoms with E-state index in [2.05, 4.69) is 12.2 Å². The van der Waals surface area contributed by atoms with Crippen molar-refractivity contribution in [1.82, 2.24) is 0 Å². The minimum atomic E-state index is 0.0883. The van der Waals surface area contributed by atoms with Gasteiger partial charge in [-0.1, -0.05) is 25.5 Å². The van der Waals surface area contributed by atoms with Crippen molar-refractivity contribution in [2.45, 2.75) is 44.9 Å². The van der Waals surface area contributed by atoms with Crippen LogP contribution in [0.1, 0.15) is 38.7 Å². The Morgan fingerprint density at radius 1 is 1.35 bits per heavy atom. The number of hydrogen-bond donors (Lipinski definition) is 1. The van der Waals surface area contributed by atoms with Gasteiger partial charge in [-0.3, -0.25) is 4.79 Å². The lowest BCUT2D eigenvalue weighted by Gasteiger charge is -2.07. The van der Waals surface area contributed by atoms with Crippen molar-refractivity contribution in [2.75, 3.05) is 5.32 Å². The SMILES string of the molecule is CCCCC(=O)Nc1ccc(CC(C)Cl)cc1. The van der Waals surface area contributed by atoms with E-state index < -0.39 is 0 Å². The Morgan fingerprint density at radius 2 is 2.00 bits per heavy atom. The minimum Gasteiger partial charge on any atom is -0.326 e. The summed E-state index contributed by atoms with van der Waals surface area (Å²) in [7, 11) is 0. The summed E-state index contributed by atoms with van der Waals surface area (Å²) in [6, 6.07) is 7.87. The zero-order chi connectivity index (χ0) is 12.7. The molecule has 1 atom stereocenters. The molecule has 0 saturated heterocycles. The Morgan fingerprint density at radius 3 is 2.53 bits per heavy atom. The standard InChI is InChI=1S/C14H20ClNO/c1-3-4-5-14(17)16-13-8-6-12(7-9-13)10-11(2)15/h6-9,11H,3-5,10H2,1-2H3,(H,16,17). The molecule has 0 heterocycles. The van der Waals surface area contributed by atoms with E-state index >= 15 is 0 Å². The lowest BCUT2D eigenvalue weighted by Crippen LogP contribution is -2.10. The van der Waals surface area contributed by atoms with Crippen molar-refractivity contribution in [1.29, 1.82) is 0 Å². The summed E-state index contributed by atoms with van der Waals surface area (Å²) in [6.07, 6.45) is 3.43.